The molecule has 5 heteroatoms. The summed E-state index contributed by atoms with van der Waals surface area (Å²) in [6.07, 6.45) is 3.24. The summed E-state index contributed by atoms with van der Waals surface area (Å²) in [5.41, 5.74) is 1.28. The van der Waals surface area contributed by atoms with E-state index >= 15 is 0 Å². The van der Waals surface area contributed by atoms with Crippen LogP contribution in [0.5, 0.6) is 0 Å². The van der Waals surface area contributed by atoms with Crippen molar-refractivity contribution in [2.45, 2.75) is 13.8 Å². The quantitative estimate of drug-likeness (QED) is 0.579. The Hall–Kier alpha value is -1.59. The average Bonchev–Trinajstić information content (AvgIpc) is 2.38. The first-order chi connectivity index (χ1) is 8.58. The number of rotatable bonds is 5. The van der Waals surface area contributed by atoms with Crippen LogP contribution in [-0.4, -0.2) is 41.1 Å². The first-order valence-electron chi connectivity index (χ1n) is 6.01. The van der Waals surface area contributed by atoms with Crippen LogP contribution in [0, 0.1) is 0 Å². The van der Waals surface area contributed by atoms with Gasteiger partial charge in [-0.2, -0.15) is 0 Å². The molecular formula is C13H18BNO3. The second-order valence-electron chi connectivity index (χ2n) is 3.88. The molecule has 4 nitrogen and oxygen atoms in total. The monoisotopic (exact) mass is 247 g/mol. The van der Waals surface area contributed by atoms with Gasteiger partial charge in [0.1, 0.15) is 0 Å². The second-order valence-corrected chi connectivity index (χ2v) is 3.88. The Bertz CT molecular complexity index is 411. The minimum Gasteiger partial charge on any atom is -0.423 e. The molecule has 0 heterocycles. The highest BCUT2D eigenvalue weighted by atomic mass is 16.4. The van der Waals surface area contributed by atoms with Gasteiger partial charge in [0.25, 0.3) is 0 Å². The lowest BCUT2D eigenvalue weighted by molar-refractivity contribution is -0.125. The van der Waals surface area contributed by atoms with Gasteiger partial charge in [0, 0.05) is 19.2 Å². The van der Waals surface area contributed by atoms with Crippen molar-refractivity contribution in [1.82, 2.24) is 4.90 Å². The third kappa shape index (κ3) is 4.02. The number of hydrogen-bond donors (Lipinski definition) is 2. The zero-order valence-electron chi connectivity index (χ0n) is 10.7. The van der Waals surface area contributed by atoms with Crippen molar-refractivity contribution in [3.63, 3.8) is 0 Å². The molecule has 96 valence electrons. The van der Waals surface area contributed by atoms with E-state index in [-0.39, 0.29) is 5.91 Å². The van der Waals surface area contributed by atoms with Crippen LogP contribution in [0.3, 0.4) is 0 Å². The molecule has 18 heavy (non-hydrogen) atoms. The summed E-state index contributed by atoms with van der Waals surface area (Å²) in [5, 5.41) is 17.9. The van der Waals surface area contributed by atoms with E-state index in [4.69, 9.17) is 10.0 Å². The summed E-state index contributed by atoms with van der Waals surface area (Å²) >= 11 is 0. The van der Waals surface area contributed by atoms with E-state index in [1.165, 1.54) is 6.08 Å². The van der Waals surface area contributed by atoms with Crippen LogP contribution in [0.2, 0.25) is 0 Å². The third-order valence-electron chi connectivity index (χ3n) is 2.73. The van der Waals surface area contributed by atoms with Crippen molar-refractivity contribution in [2.24, 2.45) is 0 Å². The normalized spacial score (nSPS) is 10.7. The molecule has 1 amide bonds. The smallest absolute Gasteiger partial charge is 0.423 e. The fraction of sp³-hybridized carbons (Fsp3) is 0.308. The molecule has 1 rings (SSSR count). The standard InChI is InChI=1S/C13H18BNO3/c1-3-15(4-2)13(16)10-7-11-5-8-12(9-6-11)14(17)18/h5-10,17-18H,3-4H2,1-2H3/b10-7+. The second kappa shape index (κ2) is 6.98. The van der Waals surface area contributed by atoms with Crippen LogP contribution in [0.15, 0.2) is 30.3 Å². The zero-order chi connectivity index (χ0) is 13.5. The average molecular weight is 247 g/mol. The van der Waals surface area contributed by atoms with Gasteiger partial charge >= 0.3 is 7.12 Å². The van der Waals surface area contributed by atoms with Crippen molar-refractivity contribution >= 4 is 24.6 Å². The molecule has 2 N–H and O–H groups in total. The summed E-state index contributed by atoms with van der Waals surface area (Å²) in [5.74, 6) is -0.0220. The van der Waals surface area contributed by atoms with Gasteiger partial charge in [-0.1, -0.05) is 24.3 Å². The summed E-state index contributed by atoms with van der Waals surface area (Å²) in [4.78, 5) is 13.4. The highest BCUT2D eigenvalue weighted by molar-refractivity contribution is 6.58. The molecule has 0 fully saturated rings. The Balaban J connectivity index is 2.69. The van der Waals surface area contributed by atoms with Crippen molar-refractivity contribution in [1.29, 1.82) is 0 Å². The summed E-state index contributed by atoms with van der Waals surface area (Å²) < 4.78 is 0. The van der Waals surface area contributed by atoms with Crippen LogP contribution in [-0.2, 0) is 4.79 Å². The van der Waals surface area contributed by atoms with Crippen molar-refractivity contribution in [3.8, 4) is 0 Å². The Morgan fingerprint density at radius 3 is 2.22 bits per heavy atom. The lowest BCUT2D eigenvalue weighted by Gasteiger charge is -2.15. The van der Waals surface area contributed by atoms with Crippen LogP contribution in [0.4, 0.5) is 0 Å². The minimum absolute atomic E-state index is 0.0220. The third-order valence-corrected chi connectivity index (χ3v) is 2.73. The molecule has 1 aromatic rings. The van der Waals surface area contributed by atoms with Gasteiger partial charge in [-0.3, -0.25) is 4.79 Å². The molecule has 0 saturated heterocycles. The molecular weight excluding hydrogens is 229 g/mol. The number of carbonyl (C=O) groups excluding carboxylic acids is 1. The summed E-state index contributed by atoms with van der Waals surface area (Å²) in [6, 6.07) is 6.71. The number of amides is 1. The highest BCUT2D eigenvalue weighted by Gasteiger charge is 2.09. The zero-order valence-corrected chi connectivity index (χ0v) is 10.7. The van der Waals surface area contributed by atoms with E-state index in [0.717, 1.165) is 5.56 Å². The first kappa shape index (κ1) is 14.5. The van der Waals surface area contributed by atoms with E-state index in [1.54, 1.807) is 35.2 Å². The maximum absolute atomic E-state index is 11.7. The van der Waals surface area contributed by atoms with Gasteiger partial charge in [-0.25, -0.2) is 0 Å². The summed E-state index contributed by atoms with van der Waals surface area (Å²) in [6.45, 7) is 5.25. The van der Waals surface area contributed by atoms with E-state index in [2.05, 4.69) is 0 Å². The molecule has 0 aliphatic heterocycles. The maximum Gasteiger partial charge on any atom is 0.488 e. The largest absolute Gasteiger partial charge is 0.488 e. The van der Waals surface area contributed by atoms with E-state index in [1.807, 2.05) is 13.8 Å². The predicted octanol–water partition coefficient (Wildman–Crippen LogP) is 0.248. The van der Waals surface area contributed by atoms with Crippen LogP contribution >= 0.6 is 0 Å². The number of likely N-dealkylation sites (N-methyl/N-ethyl adjacent to an activating group) is 1. The first-order valence-corrected chi connectivity index (χ1v) is 6.01. The van der Waals surface area contributed by atoms with Gasteiger partial charge in [0.15, 0.2) is 0 Å². The number of benzene rings is 1. The molecule has 0 unspecified atom stereocenters. The highest BCUT2D eigenvalue weighted by Crippen LogP contribution is 2.01. The lowest BCUT2D eigenvalue weighted by atomic mass is 9.80. The molecule has 0 spiro atoms. The van der Waals surface area contributed by atoms with Gasteiger partial charge in [0.2, 0.25) is 5.91 Å². The Morgan fingerprint density at radius 1 is 1.22 bits per heavy atom. The Morgan fingerprint density at radius 2 is 1.78 bits per heavy atom. The van der Waals surface area contributed by atoms with Gasteiger partial charge in [0.05, 0.1) is 0 Å². The van der Waals surface area contributed by atoms with Crippen LogP contribution < -0.4 is 5.46 Å². The molecule has 0 aliphatic rings. The minimum atomic E-state index is -1.46. The van der Waals surface area contributed by atoms with E-state index in [9.17, 15) is 4.79 Å². The number of carbonyl (C=O) groups is 1. The molecule has 1 aromatic carbocycles. The van der Waals surface area contributed by atoms with Crippen molar-refractivity contribution < 1.29 is 14.8 Å². The van der Waals surface area contributed by atoms with Crippen LogP contribution in [0.1, 0.15) is 19.4 Å². The molecule has 0 bridgehead atoms. The van der Waals surface area contributed by atoms with Crippen molar-refractivity contribution in [2.75, 3.05) is 13.1 Å². The number of nitrogens with zero attached hydrogens (tertiary/aromatic N) is 1. The SMILES string of the molecule is CCN(CC)C(=O)/C=C/c1ccc(B(O)O)cc1. The van der Waals surface area contributed by atoms with E-state index in [0.29, 0.717) is 18.6 Å². The molecule has 0 aliphatic carbocycles. The van der Waals surface area contributed by atoms with E-state index < -0.39 is 7.12 Å². The Labute approximate surface area is 108 Å². The fourth-order valence-electron chi connectivity index (χ4n) is 1.59. The molecule has 0 aromatic heterocycles. The Kier molecular flexibility index (Phi) is 5.62. The lowest BCUT2D eigenvalue weighted by Crippen LogP contribution is -2.29. The predicted molar refractivity (Wildman–Crippen MR) is 73.2 cm³/mol. The number of hydrogen-bond acceptors (Lipinski definition) is 3. The summed E-state index contributed by atoms with van der Waals surface area (Å²) in [7, 11) is -1.46. The molecule has 0 saturated carbocycles. The molecule has 0 atom stereocenters. The fourth-order valence-corrected chi connectivity index (χ4v) is 1.59. The molecule has 0 radical (unpaired) electrons. The van der Waals surface area contributed by atoms with Gasteiger partial charge in [-0.05, 0) is 30.9 Å². The van der Waals surface area contributed by atoms with Crippen LogP contribution in [0.25, 0.3) is 6.08 Å². The maximum atomic E-state index is 11.7. The van der Waals surface area contributed by atoms with Gasteiger partial charge in [-0.15, -0.1) is 0 Å². The topological polar surface area (TPSA) is 60.8 Å². The van der Waals surface area contributed by atoms with Gasteiger partial charge < -0.3 is 14.9 Å². The van der Waals surface area contributed by atoms with Crippen molar-refractivity contribution in [3.05, 3.63) is 35.9 Å².